The highest BCUT2D eigenvalue weighted by Gasteiger charge is 2.24. The van der Waals surface area contributed by atoms with E-state index in [1.165, 1.54) is 23.3 Å². The van der Waals surface area contributed by atoms with E-state index < -0.39 is 10.0 Å². The number of sulfonamides is 1. The molecular formula is C24H31N3O4S. The van der Waals surface area contributed by atoms with E-state index in [9.17, 15) is 13.2 Å². The molecule has 0 saturated carbocycles. The van der Waals surface area contributed by atoms with Crippen molar-refractivity contribution in [2.75, 3.05) is 39.3 Å². The number of amides is 1. The second kappa shape index (κ2) is 10.1. The Hall–Kier alpha value is -2.26. The molecule has 2 aromatic rings. The predicted molar refractivity (Wildman–Crippen MR) is 123 cm³/mol. The molecule has 2 aliphatic rings. The molecular weight excluding hydrogens is 426 g/mol. The average Bonchev–Trinajstić information content (AvgIpc) is 3.33. The molecule has 8 heteroatoms. The zero-order valence-corrected chi connectivity index (χ0v) is 19.3. The van der Waals surface area contributed by atoms with E-state index in [-0.39, 0.29) is 23.5 Å². The van der Waals surface area contributed by atoms with E-state index >= 15 is 0 Å². The number of piperazine rings is 1. The van der Waals surface area contributed by atoms with Crippen LogP contribution >= 0.6 is 0 Å². The topological polar surface area (TPSA) is 79.0 Å². The van der Waals surface area contributed by atoms with E-state index in [0.717, 1.165) is 32.5 Å². The van der Waals surface area contributed by atoms with Gasteiger partial charge in [0.15, 0.2) is 0 Å². The van der Waals surface area contributed by atoms with Crippen molar-refractivity contribution < 1.29 is 17.9 Å². The number of nitrogens with zero attached hydrogens (tertiary/aromatic N) is 2. The van der Waals surface area contributed by atoms with Gasteiger partial charge in [-0.15, -0.1) is 0 Å². The van der Waals surface area contributed by atoms with Gasteiger partial charge in [-0.2, -0.15) is 0 Å². The van der Waals surface area contributed by atoms with Crippen LogP contribution in [0.5, 0.6) is 0 Å². The first kappa shape index (κ1) is 22.9. The Balaban J connectivity index is 1.30. The van der Waals surface area contributed by atoms with Crippen LogP contribution < -0.4 is 4.72 Å². The molecule has 2 fully saturated rings. The van der Waals surface area contributed by atoms with E-state index in [1.807, 2.05) is 11.0 Å². The number of benzene rings is 2. The molecule has 4 rings (SSSR count). The molecule has 172 valence electrons. The molecule has 0 bridgehead atoms. The molecule has 32 heavy (non-hydrogen) atoms. The number of carbonyl (C=O) groups is 1. The van der Waals surface area contributed by atoms with Gasteiger partial charge in [-0.1, -0.05) is 24.3 Å². The molecule has 1 N–H and O–H groups in total. The Kier molecular flexibility index (Phi) is 7.25. The molecule has 0 radical (unpaired) electrons. The number of nitrogens with one attached hydrogen (secondary N) is 1. The fourth-order valence-corrected chi connectivity index (χ4v) is 5.25. The minimum atomic E-state index is -3.62. The maximum absolute atomic E-state index is 12.9. The largest absolute Gasteiger partial charge is 0.377 e. The smallest absolute Gasteiger partial charge is 0.253 e. The van der Waals surface area contributed by atoms with Crippen molar-refractivity contribution in [1.82, 2.24) is 14.5 Å². The van der Waals surface area contributed by atoms with Gasteiger partial charge in [0.25, 0.3) is 5.91 Å². The maximum Gasteiger partial charge on any atom is 0.253 e. The lowest BCUT2D eigenvalue weighted by atomic mass is 10.1. The summed E-state index contributed by atoms with van der Waals surface area (Å²) in [5.41, 5.74) is 3.11. The van der Waals surface area contributed by atoms with Crippen LogP contribution in [0.15, 0.2) is 53.4 Å². The van der Waals surface area contributed by atoms with Crippen molar-refractivity contribution in [3.63, 3.8) is 0 Å². The highest BCUT2D eigenvalue weighted by molar-refractivity contribution is 7.89. The standard InChI is InChI=1S/C24H31N3O4S/c1-19-5-2-3-6-21(19)18-26-12-14-27(15-13-26)24(28)20-8-10-23(11-9-20)32(29,30)25-17-22-7-4-16-31-22/h2-3,5-6,8-11,22,25H,4,7,12-18H2,1H3. The lowest BCUT2D eigenvalue weighted by Gasteiger charge is -2.35. The minimum absolute atomic E-state index is 0.0585. The monoisotopic (exact) mass is 457 g/mol. The summed E-state index contributed by atoms with van der Waals surface area (Å²) in [4.78, 5) is 17.3. The van der Waals surface area contributed by atoms with E-state index in [1.54, 1.807) is 12.1 Å². The third kappa shape index (κ3) is 5.56. The Morgan fingerprint density at radius 2 is 1.78 bits per heavy atom. The van der Waals surface area contributed by atoms with Gasteiger partial charge in [0.1, 0.15) is 0 Å². The van der Waals surface area contributed by atoms with E-state index in [2.05, 4.69) is 34.7 Å². The number of hydrogen-bond donors (Lipinski definition) is 1. The van der Waals surface area contributed by atoms with Crippen molar-refractivity contribution in [3.8, 4) is 0 Å². The van der Waals surface area contributed by atoms with Crippen molar-refractivity contribution in [2.24, 2.45) is 0 Å². The van der Waals surface area contributed by atoms with Crippen molar-refractivity contribution >= 4 is 15.9 Å². The van der Waals surface area contributed by atoms with Crippen LogP contribution in [0.25, 0.3) is 0 Å². The molecule has 2 aliphatic heterocycles. The van der Waals surface area contributed by atoms with Gasteiger partial charge < -0.3 is 9.64 Å². The molecule has 0 aliphatic carbocycles. The van der Waals surface area contributed by atoms with Crippen LogP contribution in [0.1, 0.15) is 34.3 Å². The summed E-state index contributed by atoms with van der Waals surface area (Å²) in [6.45, 7) is 6.93. The zero-order chi connectivity index (χ0) is 22.6. The molecule has 2 saturated heterocycles. The van der Waals surface area contributed by atoms with Crippen LogP contribution in [-0.2, 0) is 21.3 Å². The normalized spacial score (nSPS) is 19.9. The zero-order valence-electron chi connectivity index (χ0n) is 18.5. The quantitative estimate of drug-likeness (QED) is 0.691. The van der Waals surface area contributed by atoms with Crippen LogP contribution in [0, 0.1) is 6.92 Å². The number of carbonyl (C=O) groups excluding carboxylic acids is 1. The van der Waals surface area contributed by atoms with Gasteiger partial charge in [-0.3, -0.25) is 9.69 Å². The van der Waals surface area contributed by atoms with Gasteiger partial charge in [0, 0.05) is 51.4 Å². The van der Waals surface area contributed by atoms with Crippen molar-refractivity contribution in [3.05, 3.63) is 65.2 Å². The summed E-state index contributed by atoms with van der Waals surface area (Å²) in [5.74, 6) is -0.0585. The Morgan fingerprint density at radius 1 is 1.06 bits per heavy atom. The molecule has 7 nitrogen and oxygen atoms in total. The molecule has 1 atom stereocenters. The average molecular weight is 458 g/mol. The molecule has 1 amide bonds. The van der Waals surface area contributed by atoms with Crippen LogP contribution in [0.2, 0.25) is 0 Å². The molecule has 2 aromatic carbocycles. The first-order chi connectivity index (χ1) is 15.4. The number of ether oxygens (including phenoxy) is 1. The second-order valence-electron chi connectivity index (χ2n) is 8.51. The van der Waals surface area contributed by atoms with Crippen molar-refractivity contribution in [1.29, 1.82) is 0 Å². The maximum atomic E-state index is 12.9. The lowest BCUT2D eigenvalue weighted by molar-refractivity contribution is 0.0628. The number of hydrogen-bond acceptors (Lipinski definition) is 5. The lowest BCUT2D eigenvalue weighted by Crippen LogP contribution is -2.48. The third-order valence-electron chi connectivity index (χ3n) is 6.25. The Morgan fingerprint density at radius 3 is 2.44 bits per heavy atom. The molecule has 1 unspecified atom stereocenters. The Bertz CT molecular complexity index is 1030. The summed E-state index contributed by atoms with van der Waals surface area (Å²) in [7, 11) is -3.62. The Labute approximate surface area is 190 Å². The van der Waals surface area contributed by atoms with Gasteiger partial charge in [-0.05, 0) is 55.2 Å². The van der Waals surface area contributed by atoms with Gasteiger partial charge in [0.05, 0.1) is 11.0 Å². The molecule has 2 heterocycles. The molecule has 0 spiro atoms. The van der Waals surface area contributed by atoms with E-state index in [0.29, 0.717) is 25.3 Å². The van der Waals surface area contributed by atoms with Crippen LogP contribution in [0.4, 0.5) is 0 Å². The second-order valence-corrected chi connectivity index (χ2v) is 10.3. The van der Waals surface area contributed by atoms with Gasteiger partial charge in [-0.25, -0.2) is 13.1 Å². The highest BCUT2D eigenvalue weighted by atomic mass is 32.2. The first-order valence-electron chi connectivity index (χ1n) is 11.2. The minimum Gasteiger partial charge on any atom is -0.377 e. The van der Waals surface area contributed by atoms with Gasteiger partial charge in [0.2, 0.25) is 10.0 Å². The first-order valence-corrected chi connectivity index (χ1v) is 12.7. The van der Waals surface area contributed by atoms with Crippen LogP contribution in [-0.4, -0.2) is 69.6 Å². The highest BCUT2D eigenvalue weighted by Crippen LogP contribution is 2.17. The third-order valence-corrected chi connectivity index (χ3v) is 7.69. The van der Waals surface area contributed by atoms with Gasteiger partial charge >= 0.3 is 0 Å². The summed E-state index contributed by atoms with van der Waals surface area (Å²) in [6.07, 6.45) is 1.77. The van der Waals surface area contributed by atoms with Crippen molar-refractivity contribution in [2.45, 2.75) is 37.3 Å². The molecule has 0 aromatic heterocycles. The fraction of sp³-hybridized carbons (Fsp3) is 0.458. The number of aryl methyl sites for hydroxylation is 1. The summed E-state index contributed by atoms with van der Waals surface area (Å²) >= 11 is 0. The number of rotatable bonds is 7. The predicted octanol–water partition coefficient (Wildman–Crippen LogP) is 2.41. The van der Waals surface area contributed by atoms with Crippen LogP contribution in [0.3, 0.4) is 0 Å². The fourth-order valence-electron chi connectivity index (χ4n) is 4.19. The summed E-state index contributed by atoms with van der Waals surface area (Å²) in [6, 6.07) is 14.6. The summed E-state index contributed by atoms with van der Waals surface area (Å²) in [5, 5.41) is 0. The van der Waals surface area contributed by atoms with E-state index in [4.69, 9.17) is 4.74 Å². The summed E-state index contributed by atoms with van der Waals surface area (Å²) < 4.78 is 33.1. The SMILES string of the molecule is Cc1ccccc1CN1CCN(C(=O)c2ccc(S(=O)(=O)NCC3CCCO3)cc2)CC1.